The molecule has 30 heavy (non-hydrogen) atoms. The number of amides is 2. The average Bonchev–Trinajstić information content (AvgIpc) is 3.01. The highest BCUT2D eigenvalue weighted by molar-refractivity contribution is 7.99. The first-order chi connectivity index (χ1) is 14.5. The Balaban J connectivity index is 1.54. The number of carbonyl (C=O) groups is 2. The summed E-state index contributed by atoms with van der Waals surface area (Å²) in [7, 11) is 1.90. The summed E-state index contributed by atoms with van der Waals surface area (Å²) in [5, 5.41) is 12.2. The summed E-state index contributed by atoms with van der Waals surface area (Å²) in [6.07, 6.45) is 0.256. The first-order valence-corrected chi connectivity index (χ1v) is 10.7. The second-order valence-electron chi connectivity index (χ2n) is 7.35. The van der Waals surface area contributed by atoms with E-state index in [4.69, 9.17) is 0 Å². The molecule has 154 valence electrons. The molecule has 3 aromatic rings. The zero-order chi connectivity index (χ0) is 21.3. The number of carbonyl (C=O) groups excluding carboxylic acids is 2. The number of nitrogens with zero attached hydrogens (tertiary/aromatic N) is 4. The maximum absolute atomic E-state index is 13.2. The van der Waals surface area contributed by atoms with Crippen LogP contribution < -0.4 is 10.2 Å². The monoisotopic (exact) mass is 421 g/mol. The molecule has 2 aromatic carbocycles. The van der Waals surface area contributed by atoms with Crippen LogP contribution in [-0.2, 0) is 16.6 Å². The van der Waals surface area contributed by atoms with E-state index in [1.807, 2.05) is 74.0 Å². The first-order valence-electron chi connectivity index (χ1n) is 9.75. The van der Waals surface area contributed by atoms with Gasteiger partial charge < -0.3 is 14.8 Å². The highest BCUT2D eigenvalue weighted by Gasteiger charge is 2.29. The third kappa shape index (κ3) is 3.82. The lowest BCUT2D eigenvalue weighted by atomic mass is 10.1. The number of aromatic nitrogens is 3. The molecule has 2 amide bonds. The molecule has 4 rings (SSSR count). The lowest BCUT2D eigenvalue weighted by molar-refractivity contribution is -0.117. The predicted octanol–water partition coefficient (Wildman–Crippen LogP) is 3.65. The molecule has 1 atom stereocenters. The van der Waals surface area contributed by atoms with Crippen molar-refractivity contribution in [3.63, 3.8) is 0 Å². The van der Waals surface area contributed by atoms with Gasteiger partial charge in [-0.15, -0.1) is 10.2 Å². The van der Waals surface area contributed by atoms with Gasteiger partial charge in [0.15, 0.2) is 11.0 Å². The molecule has 0 bridgehead atoms. The third-order valence-corrected chi connectivity index (χ3v) is 6.18. The van der Waals surface area contributed by atoms with E-state index in [2.05, 4.69) is 15.5 Å². The minimum atomic E-state index is -0.233. The molecule has 1 aliphatic heterocycles. The second kappa shape index (κ2) is 8.31. The predicted molar refractivity (Wildman–Crippen MR) is 119 cm³/mol. The summed E-state index contributed by atoms with van der Waals surface area (Å²) in [5.74, 6) is 0.810. The van der Waals surface area contributed by atoms with Gasteiger partial charge in [-0.05, 0) is 31.5 Å². The summed E-state index contributed by atoms with van der Waals surface area (Å²) >= 11 is 1.35. The van der Waals surface area contributed by atoms with Gasteiger partial charge in [-0.2, -0.15) is 0 Å². The second-order valence-corrected chi connectivity index (χ2v) is 8.29. The lowest BCUT2D eigenvalue weighted by Gasteiger charge is -2.27. The number of aryl methyl sites for hydroxylation is 1. The molecule has 1 aliphatic rings. The summed E-state index contributed by atoms with van der Waals surface area (Å²) in [4.78, 5) is 27.0. The van der Waals surface area contributed by atoms with Crippen molar-refractivity contribution >= 4 is 35.0 Å². The number of thioether (sulfide) groups is 1. The summed E-state index contributed by atoms with van der Waals surface area (Å²) in [6, 6.07) is 15.2. The van der Waals surface area contributed by atoms with Gasteiger partial charge in [0, 0.05) is 25.1 Å². The molecule has 0 unspecified atom stereocenters. The molecule has 1 aromatic heterocycles. The molecule has 1 N–H and O–H groups in total. The van der Waals surface area contributed by atoms with Gasteiger partial charge >= 0.3 is 0 Å². The number of para-hydroxylation sites is 2. The minimum Gasteiger partial charge on any atom is -0.324 e. The van der Waals surface area contributed by atoms with Gasteiger partial charge in [-0.3, -0.25) is 9.59 Å². The van der Waals surface area contributed by atoms with E-state index in [0.717, 1.165) is 22.6 Å². The SMILES string of the molecule is Cc1ccccc1-c1nnc(SCC(=O)N2c3ccccc3NC(=O)C[C@@H]2C)n1C. The van der Waals surface area contributed by atoms with E-state index in [1.54, 1.807) is 4.90 Å². The Morgan fingerprint density at radius 1 is 1.17 bits per heavy atom. The van der Waals surface area contributed by atoms with Crippen molar-refractivity contribution in [2.75, 3.05) is 16.0 Å². The van der Waals surface area contributed by atoms with Crippen molar-refractivity contribution in [3.05, 3.63) is 54.1 Å². The molecular weight excluding hydrogens is 398 g/mol. The third-order valence-electron chi connectivity index (χ3n) is 5.17. The minimum absolute atomic E-state index is 0.0723. The van der Waals surface area contributed by atoms with Crippen LogP contribution in [0.25, 0.3) is 11.4 Å². The normalized spacial score (nSPS) is 16.0. The number of anilines is 2. The lowest BCUT2D eigenvalue weighted by Crippen LogP contribution is -2.40. The standard InChI is InChI=1S/C22H23N5O2S/c1-14-8-4-5-9-16(14)21-24-25-22(26(21)3)30-13-20(29)27-15(2)12-19(28)23-17-10-6-7-11-18(17)27/h4-11,15H,12-13H2,1-3H3,(H,23,28)/t15-/m0/s1. The van der Waals surface area contributed by atoms with Crippen molar-refractivity contribution < 1.29 is 9.59 Å². The van der Waals surface area contributed by atoms with Gasteiger partial charge in [0.2, 0.25) is 11.8 Å². The number of rotatable bonds is 4. The zero-order valence-corrected chi connectivity index (χ0v) is 17.9. The van der Waals surface area contributed by atoms with E-state index in [-0.39, 0.29) is 30.0 Å². The summed E-state index contributed by atoms with van der Waals surface area (Å²) in [5.41, 5.74) is 3.52. The van der Waals surface area contributed by atoms with Crippen LogP contribution in [0.1, 0.15) is 18.9 Å². The van der Waals surface area contributed by atoms with Crippen molar-refractivity contribution in [3.8, 4) is 11.4 Å². The Kier molecular flexibility index (Phi) is 5.59. The van der Waals surface area contributed by atoms with Crippen LogP contribution in [0.5, 0.6) is 0 Å². The fourth-order valence-corrected chi connectivity index (χ4v) is 4.43. The Morgan fingerprint density at radius 3 is 2.70 bits per heavy atom. The van der Waals surface area contributed by atoms with Crippen LogP contribution >= 0.6 is 11.8 Å². The van der Waals surface area contributed by atoms with E-state index >= 15 is 0 Å². The molecule has 0 spiro atoms. The van der Waals surface area contributed by atoms with Crippen molar-refractivity contribution in [2.45, 2.75) is 31.5 Å². The molecular formula is C22H23N5O2S. The van der Waals surface area contributed by atoms with Crippen molar-refractivity contribution in [1.29, 1.82) is 0 Å². The maximum Gasteiger partial charge on any atom is 0.237 e. The topological polar surface area (TPSA) is 80.1 Å². The Hall–Kier alpha value is -3.13. The van der Waals surface area contributed by atoms with Gasteiger partial charge in [0.05, 0.1) is 17.1 Å². The van der Waals surface area contributed by atoms with Crippen molar-refractivity contribution in [1.82, 2.24) is 14.8 Å². The fourth-order valence-electron chi connectivity index (χ4n) is 3.66. The number of hydrogen-bond acceptors (Lipinski definition) is 5. The fraction of sp³-hybridized carbons (Fsp3) is 0.273. The highest BCUT2D eigenvalue weighted by atomic mass is 32.2. The summed E-state index contributed by atoms with van der Waals surface area (Å²) in [6.45, 7) is 3.93. The van der Waals surface area contributed by atoms with Crippen LogP contribution in [0, 0.1) is 6.92 Å². The van der Waals surface area contributed by atoms with Gasteiger partial charge in [0.25, 0.3) is 0 Å². The molecule has 7 nitrogen and oxygen atoms in total. The Morgan fingerprint density at radius 2 is 1.90 bits per heavy atom. The van der Waals surface area contributed by atoms with Crippen LogP contribution in [0.15, 0.2) is 53.7 Å². The Bertz CT molecular complexity index is 1110. The largest absolute Gasteiger partial charge is 0.324 e. The van der Waals surface area contributed by atoms with Gasteiger partial charge in [-0.25, -0.2) is 0 Å². The molecule has 8 heteroatoms. The highest BCUT2D eigenvalue weighted by Crippen LogP contribution is 2.32. The van der Waals surface area contributed by atoms with Gasteiger partial charge in [0.1, 0.15) is 0 Å². The average molecular weight is 422 g/mol. The molecule has 0 aliphatic carbocycles. The number of benzene rings is 2. The van der Waals surface area contributed by atoms with Crippen molar-refractivity contribution in [2.24, 2.45) is 7.05 Å². The van der Waals surface area contributed by atoms with Crippen LogP contribution in [0.3, 0.4) is 0 Å². The molecule has 0 saturated carbocycles. The number of hydrogen-bond donors (Lipinski definition) is 1. The Labute approximate surface area is 179 Å². The maximum atomic E-state index is 13.2. The molecule has 0 saturated heterocycles. The van der Waals surface area contributed by atoms with Crippen LogP contribution in [0.4, 0.5) is 11.4 Å². The zero-order valence-electron chi connectivity index (χ0n) is 17.1. The van der Waals surface area contributed by atoms with E-state index in [0.29, 0.717) is 10.8 Å². The van der Waals surface area contributed by atoms with E-state index in [1.165, 1.54) is 11.8 Å². The van der Waals surface area contributed by atoms with E-state index in [9.17, 15) is 9.59 Å². The molecule has 2 heterocycles. The molecule has 0 radical (unpaired) electrons. The molecule has 0 fully saturated rings. The smallest absolute Gasteiger partial charge is 0.237 e. The summed E-state index contributed by atoms with van der Waals surface area (Å²) < 4.78 is 1.91. The number of nitrogens with one attached hydrogen (secondary N) is 1. The number of fused-ring (bicyclic) bond motifs is 1. The van der Waals surface area contributed by atoms with Gasteiger partial charge in [-0.1, -0.05) is 48.2 Å². The van der Waals surface area contributed by atoms with Crippen LogP contribution in [-0.4, -0.2) is 38.4 Å². The van der Waals surface area contributed by atoms with Crippen LogP contribution in [0.2, 0.25) is 0 Å². The quantitative estimate of drug-likeness (QED) is 0.651. The van der Waals surface area contributed by atoms with E-state index < -0.39 is 0 Å². The first kappa shape index (κ1) is 20.2.